The number of thiol groups is 1. The zero-order valence-corrected chi connectivity index (χ0v) is 21.0. The van der Waals surface area contributed by atoms with Gasteiger partial charge in [-0.1, -0.05) is 12.2 Å². The van der Waals surface area contributed by atoms with Crippen LogP contribution in [0.25, 0.3) is 0 Å². The molecule has 9 nitrogen and oxygen atoms in total. The van der Waals surface area contributed by atoms with Gasteiger partial charge in [-0.3, -0.25) is 9.36 Å². The van der Waals surface area contributed by atoms with Crippen LogP contribution in [0.3, 0.4) is 0 Å². The number of hydrogen-bond donors (Lipinski definition) is 1. The number of hydrogen-bond acceptors (Lipinski definition) is 7. The van der Waals surface area contributed by atoms with Gasteiger partial charge in [0.2, 0.25) is 5.91 Å². The van der Waals surface area contributed by atoms with Crippen LogP contribution in [-0.2, 0) is 23.4 Å². The number of ether oxygens (including phenoxy) is 2. The Morgan fingerprint density at radius 2 is 1.81 bits per heavy atom. The Labute approximate surface area is 200 Å². The van der Waals surface area contributed by atoms with Crippen molar-refractivity contribution >= 4 is 41.9 Å². The van der Waals surface area contributed by atoms with Crippen molar-refractivity contribution in [3.8, 4) is 0 Å². The minimum absolute atomic E-state index is 0.0171. The van der Waals surface area contributed by atoms with Crippen LogP contribution in [0.2, 0.25) is 5.82 Å². The number of nitrogens with zero attached hydrogens (tertiary/aromatic N) is 4. The molecule has 5 atom stereocenters. The fourth-order valence-corrected chi connectivity index (χ4v) is 7.54. The Morgan fingerprint density at radius 3 is 2.44 bits per heavy atom. The predicted octanol–water partition coefficient (Wildman–Crippen LogP) is -0.0644. The molecule has 0 saturated carbocycles. The summed E-state index contributed by atoms with van der Waals surface area (Å²) in [4.78, 5) is 15.9. The minimum Gasteiger partial charge on any atom is -0.384 e. The number of morpholine rings is 1. The molecule has 0 aromatic carbocycles. The molecule has 3 saturated heterocycles. The van der Waals surface area contributed by atoms with E-state index >= 15 is 0 Å². The van der Waals surface area contributed by atoms with Crippen molar-refractivity contribution in [3.05, 3.63) is 0 Å². The van der Waals surface area contributed by atoms with Gasteiger partial charge in [0, 0.05) is 65.5 Å². The molecule has 3 aliphatic rings. The summed E-state index contributed by atoms with van der Waals surface area (Å²) < 4.78 is 35.7. The molecule has 3 fully saturated rings. The molecule has 178 valence electrons. The summed E-state index contributed by atoms with van der Waals surface area (Å²) in [6.45, 7) is 5.00. The van der Waals surface area contributed by atoms with Crippen LogP contribution in [-0.4, -0.2) is 138 Å². The van der Waals surface area contributed by atoms with Gasteiger partial charge in [-0.15, -0.1) is 0 Å². The summed E-state index contributed by atoms with van der Waals surface area (Å²) in [6, 6.07) is -0.396. The molecule has 0 aromatic heterocycles. The number of likely N-dealkylation sites (N-methyl/N-ethyl adjacent to an activating group) is 1. The largest absolute Gasteiger partial charge is 0.384 e. The van der Waals surface area contributed by atoms with E-state index in [1.165, 1.54) is 0 Å². The van der Waals surface area contributed by atoms with E-state index in [0.29, 0.717) is 59.0 Å². The summed E-state index contributed by atoms with van der Waals surface area (Å²) in [5.74, 6) is 0.216. The average Bonchev–Trinajstić information content (AvgIpc) is 2.76. The van der Waals surface area contributed by atoms with Crippen molar-refractivity contribution in [3.63, 3.8) is 0 Å². The summed E-state index contributed by atoms with van der Waals surface area (Å²) in [5, 5.41) is 0. The topological polar surface area (TPSA) is 74.8 Å². The monoisotopic (exact) mass is 484 g/mol. The lowest BCUT2D eigenvalue weighted by Crippen LogP contribution is -2.52. The fraction of sp³-hybridized carbons (Fsp3) is 0.947. The molecule has 4 radical (unpaired) electrons. The van der Waals surface area contributed by atoms with Crippen LogP contribution in [0, 0.1) is 5.92 Å². The lowest BCUT2D eigenvalue weighted by atomic mass is 9.77. The molecule has 0 bridgehead atoms. The Kier molecular flexibility index (Phi) is 10.0. The zero-order valence-electron chi connectivity index (χ0n) is 19.2. The molecule has 5 unspecified atom stereocenters. The van der Waals surface area contributed by atoms with Gasteiger partial charge in [0.1, 0.15) is 7.85 Å². The molecule has 0 spiro atoms. The van der Waals surface area contributed by atoms with Crippen LogP contribution in [0.5, 0.6) is 0 Å². The van der Waals surface area contributed by atoms with Gasteiger partial charge in [0.05, 0.1) is 32.9 Å². The normalized spacial score (nSPS) is 33.2. The van der Waals surface area contributed by atoms with E-state index in [1.807, 2.05) is 16.4 Å². The van der Waals surface area contributed by atoms with Gasteiger partial charge in [-0.2, -0.15) is 12.6 Å². The lowest BCUT2D eigenvalue weighted by Gasteiger charge is -2.46. The van der Waals surface area contributed by atoms with Crippen LogP contribution < -0.4 is 0 Å². The standard InChI is InChI=1S/C19H35B2N4O5PS/c1-22-10-17(30-18(21)11-22)13-29-31(27,24-5-3-23(4-6-24)19(26)14-32)25-8-15(12-28-2)7-16(20)9-25/h15-18,32H,3-14H2,1-2H3. The van der Waals surface area contributed by atoms with E-state index in [-0.39, 0.29) is 36.1 Å². The first-order valence-electron chi connectivity index (χ1n) is 11.2. The van der Waals surface area contributed by atoms with Crippen LogP contribution in [0.1, 0.15) is 6.42 Å². The third kappa shape index (κ3) is 6.75. The third-order valence-corrected chi connectivity index (χ3v) is 9.13. The molecule has 3 heterocycles. The number of carbonyl (C=O) groups is 1. The molecular formula is C19H35B2N4O5PS. The van der Waals surface area contributed by atoms with E-state index in [9.17, 15) is 9.36 Å². The smallest absolute Gasteiger partial charge is 0.346 e. The minimum atomic E-state index is -3.41. The van der Waals surface area contributed by atoms with E-state index in [1.54, 1.807) is 12.0 Å². The van der Waals surface area contributed by atoms with Crippen molar-refractivity contribution in [2.75, 3.05) is 85.5 Å². The maximum atomic E-state index is 14.5. The van der Waals surface area contributed by atoms with E-state index < -0.39 is 13.7 Å². The van der Waals surface area contributed by atoms with Gasteiger partial charge in [-0.05, 0) is 13.0 Å². The number of piperidine rings is 1. The Bertz CT molecular complexity index is 666. The number of amides is 1. The van der Waals surface area contributed by atoms with Gasteiger partial charge < -0.3 is 23.8 Å². The van der Waals surface area contributed by atoms with Crippen LogP contribution >= 0.6 is 20.3 Å². The highest BCUT2D eigenvalue weighted by Crippen LogP contribution is 2.57. The first-order chi connectivity index (χ1) is 15.2. The Morgan fingerprint density at radius 1 is 1.09 bits per heavy atom. The summed E-state index contributed by atoms with van der Waals surface area (Å²) in [5.41, 5.74) is 0. The van der Waals surface area contributed by atoms with Gasteiger partial charge in [0.15, 0.2) is 0 Å². The van der Waals surface area contributed by atoms with Crippen molar-refractivity contribution in [1.82, 2.24) is 19.1 Å². The van der Waals surface area contributed by atoms with Crippen molar-refractivity contribution in [1.29, 1.82) is 0 Å². The van der Waals surface area contributed by atoms with Gasteiger partial charge in [-0.25, -0.2) is 9.34 Å². The summed E-state index contributed by atoms with van der Waals surface area (Å²) in [6.07, 6.45) is 0.553. The number of piperazine rings is 1. The molecule has 0 aliphatic carbocycles. The summed E-state index contributed by atoms with van der Waals surface area (Å²) in [7, 11) is 12.5. The molecule has 3 rings (SSSR count). The maximum Gasteiger partial charge on any atom is 0.346 e. The number of methoxy groups -OCH3 is 1. The molecule has 0 N–H and O–H groups in total. The highest BCUT2D eigenvalue weighted by molar-refractivity contribution is 7.81. The lowest BCUT2D eigenvalue weighted by molar-refractivity contribution is -0.129. The Balaban J connectivity index is 1.74. The zero-order chi connectivity index (χ0) is 23.3. The van der Waals surface area contributed by atoms with Crippen LogP contribution in [0.4, 0.5) is 0 Å². The van der Waals surface area contributed by atoms with Gasteiger partial charge >= 0.3 is 7.67 Å². The first-order valence-corrected chi connectivity index (χ1v) is 13.4. The molecule has 3 aliphatic heterocycles. The highest BCUT2D eigenvalue weighted by Gasteiger charge is 2.44. The van der Waals surface area contributed by atoms with Crippen molar-refractivity contribution in [2.24, 2.45) is 5.92 Å². The second kappa shape index (κ2) is 12.1. The summed E-state index contributed by atoms with van der Waals surface area (Å²) >= 11 is 4.09. The Hall–Kier alpha value is -0.0601. The van der Waals surface area contributed by atoms with Gasteiger partial charge in [0.25, 0.3) is 0 Å². The third-order valence-electron chi connectivity index (χ3n) is 6.21. The maximum absolute atomic E-state index is 14.5. The van der Waals surface area contributed by atoms with Crippen LogP contribution in [0.15, 0.2) is 0 Å². The first kappa shape index (κ1) is 26.5. The highest BCUT2D eigenvalue weighted by atomic mass is 32.1. The van der Waals surface area contributed by atoms with E-state index in [4.69, 9.17) is 29.7 Å². The number of carbonyl (C=O) groups excluding carboxylic acids is 1. The second-order valence-corrected chi connectivity index (χ2v) is 11.7. The van der Waals surface area contributed by atoms with Crippen molar-refractivity contribution < 1.29 is 23.4 Å². The molecule has 13 heteroatoms. The molecular weight excluding hydrogens is 449 g/mol. The number of rotatable bonds is 8. The van der Waals surface area contributed by atoms with E-state index in [0.717, 1.165) is 6.42 Å². The predicted molar refractivity (Wildman–Crippen MR) is 129 cm³/mol. The molecule has 0 aromatic rings. The quantitative estimate of drug-likeness (QED) is 0.292. The van der Waals surface area contributed by atoms with Crippen molar-refractivity contribution in [2.45, 2.75) is 24.3 Å². The fourth-order valence-electron chi connectivity index (χ4n) is 4.76. The SMILES string of the molecule is [B]C1CC(COC)CN(P(=O)(OCC2CN(C)CC([B])O2)N2CCN(C(=O)CS)CC2)C1. The molecule has 32 heavy (non-hydrogen) atoms. The van der Waals surface area contributed by atoms with E-state index in [2.05, 4.69) is 17.5 Å². The molecule has 1 amide bonds. The average molecular weight is 484 g/mol. The second-order valence-electron chi connectivity index (χ2n) is 8.99.